The van der Waals surface area contributed by atoms with Crippen LogP contribution in [0.2, 0.25) is 0 Å². The van der Waals surface area contributed by atoms with Gasteiger partial charge in [0, 0.05) is 0 Å². The van der Waals surface area contributed by atoms with Crippen LogP contribution in [-0.2, 0) is 9.59 Å². The third-order valence-corrected chi connectivity index (χ3v) is 3.65. The zero-order valence-corrected chi connectivity index (χ0v) is 14.5. The van der Waals surface area contributed by atoms with Crippen molar-refractivity contribution in [1.29, 1.82) is 0 Å². The monoisotopic (exact) mass is 476 g/mol. The lowest BCUT2D eigenvalue weighted by Gasteiger charge is -2.16. The third kappa shape index (κ3) is 4.47. The Kier molecular flexibility index (Phi) is 5.93. The summed E-state index contributed by atoms with van der Waals surface area (Å²) in [6.07, 6.45) is -11.4. The Morgan fingerprint density at radius 3 is 1.22 bits per heavy atom. The van der Waals surface area contributed by atoms with Gasteiger partial charge in [-0.3, -0.25) is 29.8 Å². The van der Waals surface area contributed by atoms with E-state index in [2.05, 4.69) is 0 Å². The third-order valence-electron chi connectivity index (χ3n) is 3.65. The molecule has 0 aromatic heterocycles. The molecule has 0 unspecified atom stereocenters. The van der Waals surface area contributed by atoms with Gasteiger partial charge in [0.25, 0.3) is 11.4 Å². The van der Waals surface area contributed by atoms with E-state index in [0.717, 1.165) is 10.6 Å². The van der Waals surface area contributed by atoms with Crippen LogP contribution in [-0.4, -0.2) is 34.0 Å². The van der Waals surface area contributed by atoms with E-state index in [4.69, 9.17) is 0 Å². The zero-order chi connectivity index (χ0) is 24.8. The number of rotatable bonds is 4. The Labute approximate surface area is 168 Å². The van der Waals surface area contributed by atoms with Gasteiger partial charge in [-0.15, -0.1) is 0 Å². The summed E-state index contributed by atoms with van der Waals surface area (Å²) in [5.74, 6) is -9.91. The topological polar surface area (TPSA) is 144 Å². The number of nitro groups is 2. The first kappa shape index (κ1) is 24.2. The minimum Gasteiger partial charge on any atom is -0.312 e. The number of hydrogen-bond acceptors (Lipinski definition) is 6. The Morgan fingerprint density at radius 2 is 1.00 bits per heavy atom. The summed E-state index contributed by atoms with van der Waals surface area (Å²) < 4.78 is 105. The quantitative estimate of drug-likeness (QED) is 0.389. The molecule has 0 fully saturated rings. The molecule has 18 heteroatoms. The minimum absolute atomic E-state index is 0.235. The largest absolute Gasteiger partial charge is 0.471 e. The fraction of sp³-hybridized carbons (Fsp3) is 0.143. The van der Waals surface area contributed by atoms with Gasteiger partial charge in [0.15, 0.2) is 0 Å². The summed E-state index contributed by atoms with van der Waals surface area (Å²) in [7, 11) is 0. The van der Waals surface area contributed by atoms with E-state index in [1.165, 1.54) is 0 Å². The zero-order valence-electron chi connectivity index (χ0n) is 14.5. The van der Waals surface area contributed by atoms with Crippen LogP contribution in [0.3, 0.4) is 0 Å². The number of benzene rings is 2. The first-order chi connectivity index (χ1) is 14.5. The highest BCUT2D eigenvalue weighted by atomic mass is 19.4. The molecule has 0 spiro atoms. The SMILES string of the molecule is O=C(Nc1c([N+](=O)[O-])cc(F)c2c(NC(=O)C(F)(F)F)c([N+](=O)[O-])cc(F)c12)C(F)(F)F. The highest BCUT2D eigenvalue weighted by Crippen LogP contribution is 2.44. The Morgan fingerprint density at radius 1 is 0.719 bits per heavy atom. The van der Waals surface area contributed by atoms with E-state index < -0.39 is 79.2 Å². The molecule has 0 aliphatic carbocycles. The molecule has 0 aliphatic rings. The standard InChI is InChI=1S/C14H4F8N4O6/c15-3-1-5(25(29)30)9(23-11(27)13(17,18)19)8-4(16)2-6(26(31)32)10(7(3)8)24-12(28)14(20,21)22/h1-2H,(H,23,27)(H,24,28). The molecule has 0 atom stereocenters. The Hall–Kier alpha value is -4.12. The minimum atomic E-state index is -5.71. The molecule has 0 radical (unpaired) electrons. The number of amides is 2. The van der Waals surface area contributed by atoms with E-state index in [-0.39, 0.29) is 12.1 Å². The van der Waals surface area contributed by atoms with Crippen molar-refractivity contribution in [3.8, 4) is 0 Å². The maximum atomic E-state index is 14.5. The summed E-state index contributed by atoms with van der Waals surface area (Å²) in [5.41, 5.74) is -6.70. The van der Waals surface area contributed by atoms with Gasteiger partial charge in [0.2, 0.25) is 0 Å². The van der Waals surface area contributed by atoms with Crippen LogP contribution < -0.4 is 10.6 Å². The van der Waals surface area contributed by atoms with Crippen LogP contribution in [0.4, 0.5) is 57.9 Å². The van der Waals surface area contributed by atoms with Crippen molar-refractivity contribution in [2.45, 2.75) is 12.4 Å². The lowest BCUT2D eigenvalue weighted by atomic mass is 10.0. The highest BCUT2D eigenvalue weighted by molar-refractivity contribution is 6.15. The number of halogens is 8. The van der Waals surface area contributed by atoms with Crippen molar-refractivity contribution < 1.29 is 54.6 Å². The van der Waals surface area contributed by atoms with Crippen LogP contribution in [0.25, 0.3) is 10.8 Å². The molecule has 0 saturated heterocycles. The number of fused-ring (bicyclic) bond motifs is 1. The number of hydrogen-bond donors (Lipinski definition) is 2. The first-order valence-corrected chi connectivity index (χ1v) is 7.50. The molecule has 2 aromatic carbocycles. The Balaban J connectivity index is 3.03. The van der Waals surface area contributed by atoms with Crippen LogP contribution >= 0.6 is 0 Å². The lowest BCUT2D eigenvalue weighted by molar-refractivity contribution is -0.384. The predicted molar refractivity (Wildman–Crippen MR) is 86.5 cm³/mol. The number of nitro benzene ring substituents is 2. The Bertz CT molecular complexity index is 1090. The molecule has 2 amide bonds. The summed E-state index contributed by atoms with van der Waals surface area (Å²) >= 11 is 0. The maximum absolute atomic E-state index is 14.5. The molecule has 2 aromatic rings. The molecule has 172 valence electrons. The second-order valence-electron chi connectivity index (χ2n) is 5.67. The molecule has 0 bridgehead atoms. The molecule has 10 nitrogen and oxygen atoms in total. The number of nitrogens with one attached hydrogen (secondary N) is 2. The van der Waals surface area contributed by atoms with Gasteiger partial charge in [0.05, 0.1) is 32.8 Å². The molecular formula is C14H4F8N4O6. The lowest BCUT2D eigenvalue weighted by Crippen LogP contribution is -2.31. The van der Waals surface area contributed by atoms with Gasteiger partial charge >= 0.3 is 24.2 Å². The average molecular weight is 476 g/mol. The predicted octanol–water partition coefficient (Wildman–Crippen LogP) is 3.94. The van der Waals surface area contributed by atoms with Crippen molar-refractivity contribution in [2.24, 2.45) is 0 Å². The molecule has 0 heterocycles. The van der Waals surface area contributed by atoms with Crippen molar-refractivity contribution in [3.63, 3.8) is 0 Å². The second-order valence-corrected chi connectivity index (χ2v) is 5.67. The van der Waals surface area contributed by atoms with E-state index in [9.17, 15) is 64.9 Å². The molecule has 0 aliphatic heterocycles. The van der Waals surface area contributed by atoms with Gasteiger partial charge in [-0.25, -0.2) is 8.78 Å². The molecule has 0 saturated carbocycles. The van der Waals surface area contributed by atoms with E-state index in [1.54, 1.807) is 0 Å². The van der Waals surface area contributed by atoms with Crippen LogP contribution in [0.15, 0.2) is 12.1 Å². The van der Waals surface area contributed by atoms with Crippen molar-refractivity contribution in [2.75, 3.05) is 10.6 Å². The smallest absolute Gasteiger partial charge is 0.312 e. The maximum Gasteiger partial charge on any atom is 0.471 e. The summed E-state index contributed by atoms with van der Waals surface area (Å²) in [6, 6.07) is -0.471. The summed E-state index contributed by atoms with van der Waals surface area (Å²) in [4.78, 5) is 41.5. The van der Waals surface area contributed by atoms with E-state index in [1.807, 2.05) is 0 Å². The van der Waals surface area contributed by atoms with Gasteiger partial charge in [-0.2, -0.15) is 26.3 Å². The molecule has 2 rings (SSSR count). The van der Waals surface area contributed by atoms with E-state index >= 15 is 0 Å². The van der Waals surface area contributed by atoms with Crippen LogP contribution in [0.5, 0.6) is 0 Å². The van der Waals surface area contributed by atoms with Crippen LogP contribution in [0.1, 0.15) is 0 Å². The van der Waals surface area contributed by atoms with Crippen LogP contribution in [0, 0.1) is 31.9 Å². The van der Waals surface area contributed by atoms with Crippen molar-refractivity contribution >= 4 is 45.3 Å². The number of nitrogens with zero attached hydrogens (tertiary/aromatic N) is 2. The van der Waals surface area contributed by atoms with E-state index in [0.29, 0.717) is 0 Å². The fourth-order valence-electron chi connectivity index (χ4n) is 2.42. The number of carbonyl (C=O) groups excluding carboxylic acids is 2. The fourth-order valence-corrected chi connectivity index (χ4v) is 2.42. The first-order valence-electron chi connectivity index (χ1n) is 7.50. The second kappa shape index (κ2) is 7.85. The highest BCUT2D eigenvalue weighted by Gasteiger charge is 2.43. The number of carbonyl (C=O) groups is 2. The number of anilines is 2. The van der Waals surface area contributed by atoms with Gasteiger partial charge in [0.1, 0.15) is 23.0 Å². The van der Waals surface area contributed by atoms with Gasteiger partial charge in [-0.05, 0) is 0 Å². The summed E-state index contributed by atoms with van der Waals surface area (Å²) in [6.45, 7) is 0. The summed E-state index contributed by atoms with van der Waals surface area (Å²) in [5, 5.41) is 20.7. The van der Waals surface area contributed by atoms with Crippen molar-refractivity contribution in [1.82, 2.24) is 0 Å². The average Bonchev–Trinajstić information content (AvgIpc) is 2.62. The van der Waals surface area contributed by atoms with Gasteiger partial charge < -0.3 is 10.6 Å². The number of alkyl halides is 6. The van der Waals surface area contributed by atoms with Crippen molar-refractivity contribution in [3.05, 3.63) is 44.0 Å². The molecular weight excluding hydrogens is 472 g/mol. The molecule has 2 N–H and O–H groups in total. The molecule has 32 heavy (non-hydrogen) atoms. The van der Waals surface area contributed by atoms with Gasteiger partial charge in [-0.1, -0.05) is 0 Å². The normalized spacial score (nSPS) is 11.9.